The molecule has 1 N–H and O–H groups in total. The van der Waals surface area contributed by atoms with Gasteiger partial charge in [0.05, 0.1) is 0 Å². The number of piperidine rings is 3. The predicted octanol–water partition coefficient (Wildman–Crippen LogP) is 2.55. The highest BCUT2D eigenvalue weighted by atomic mass is 35.5. The van der Waals surface area contributed by atoms with Crippen LogP contribution in [-0.4, -0.2) is 36.0 Å². The van der Waals surface area contributed by atoms with Crippen molar-refractivity contribution >= 4 is 17.5 Å². The lowest BCUT2D eigenvalue weighted by atomic mass is 9.79. The maximum Gasteiger partial charge on any atom is 0.251 e. The number of fused-ring (bicyclic) bond motifs is 3. The lowest BCUT2D eigenvalue weighted by molar-refractivity contribution is 0.0217. The number of carbonyl (C=O) groups excluding carboxylic acids is 1. The normalized spacial score (nSPS) is 33.2. The number of nitrogens with one attached hydrogen (secondary N) is 1. The zero-order valence-electron chi connectivity index (χ0n) is 11.1. The molecule has 2 unspecified atom stereocenters. The quantitative estimate of drug-likeness (QED) is 0.902. The van der Waals surface area contributed by atoms with Gasteiger partial charge in [0.1, 0.15) is 0 Å². The lowest BCUT2D eigenvalue weighted by Crippen LogP contribution is -2.62. The fourth-order valence-electron chi connectivity index (χ4n) is 3.41. The van der Waals surface area contributed by atoms with E-state index in [9.17, 15) is 4.79 Å². The maximum absolute atomic E-state index is 12.3. The van der Waals surface area contributed by atoms with Crippen LogP contribution in [0.2, 0.25) is 5.02 Å². The summed E-state index contributed by atoms with van der Waals surface area (Å²) in [5.41, 5.74) is 0.649. The van der Waals surface area contributed by atoms with Gasteiger partial charge in [-0.25, -0.2) is 0 Å². The molecule has 1 amide bonds. The van der Waals surface area contributed by atoms with Crippen LogP contribution in [0.4, 0.5) is 0 Å². The van der Waals surface area contributed by atoms with Gasteiger partial charge in [-0.05, 0) is 57.0 Å². The molecule has 0 aliphatic carbocycles. The number of nitrogens with zero attached hydrogens (tertiary/aromatic N) is 1. The summed E-state index contributed by atoms with van der Waals surface area (Å²) in [5.74, 6) is 0.622. The number of halogens is 1. The third-order valence-corrected chi connectivity index (χ3v) is 4.80. The maximum atomic E-state index is 12.3. The molecule has 1 aromatic carbocycles. The average molecular weight is 279 g/mol. The monoisotopic (exact) mass is 278 g/mol. The van der Waals surface area contributed by atoms with Gasteiger partial charge in [0.25, 0.3) is 5.91 Å². The van der Waals surface area contributed by atoms with Crippen LogP contribution >= 0.6 is 11.6 Å². The number of hydrogen-bond donors (Lipinski definition) is 1. The van der Waals surface area contributed by atoms with Crippen LogP contribution in [-0.2, 0) is 0 Å². The van der Waals surface area contributed by atoms with Gasteiger partial charge in [-0.2, -0.15) is 0 Å². The van der Waals surface area contributed by atoms with Crippen molar-refractivity contribution in [3.63, 3.8) is 0 Å². The van der Waals surface area contributed by atoms with E-state index in [1.807, 2.05) is 12.1 Å². The van der Waals surface area contributed by atoms with Crippen molar-refractivity contribution in [2.45, 2.75) is 31.8 Å². The second-order valence-electron chi connectivity index (χ2n) is 5.62. The standard InChI is InChI=1S/C15H19ClN2O/c1-10-14(11-5-7-18(10)8-6-11)17-15(19)12-3-2-4-13(16)9-12/h2-4,9-11,14H,5-8H2,1H3,(H,17,19). The highest BCUT2D eigenvalue weighted by Gasteiger charge is 2.40. The molecular formula is C15H19ClN2O. The number of hydrogen-bond acceptors (Lipinski definition) is 2. The smallest absolute Gasteiger partial charge is 0.251 e. The Balaban J connectivity index is 1.73. The largest absolute Gasteiger partial charge is 0.347 e. The van der Waals surface area contributed by atoms with E-state index in [4.69, 9.17) is 11.6 Å². The molecular weight excluding hydrogens is 260 g/mol. The number of carbonyl (C=O) groups is 1. The fourth-order valence-corrected chi connectivity index (χ4v) is 3.60. The topological polar surface area (TPSA) is 32.3 Å². The lowest BCUT2D eigenvalue weighted by Gasteiger charge is -2.49. The van der Waals surface area contributed by atoms with E-state index in [1.54, 1.807) is 12.1 Å². The molecule has 0 aromatic heterocycles. The van der Waals surface area contributed by atoms with Crippen molar-refractivity contribution in [2.24, 2.45) is 5.92 Å². The molecule has 3 fully saturated rings. The van der Waals surface area contributed by atoms with Crippen LogP contribution in [0, 0.1) is 5.92 Å². The van der Waals surface area contributed by atoms with Crippen molar-refractivity contribution in [1.82, 2.24) is 10.2 Å². The molecule has 102 valence electrons. The van der Waals surface area contributed by atoms with Gasteiger partial charge in [0, 0.05) is 22.7 Å². The second-order valence-corrected chi connectivity index (χ2v) is 6.06. The summed E-state index contributed by atoms with van der Waals surface area (Å²) in [5, 5.41) is 3.81. The Morgan fingerprint density at radius 3 is 2.74 bits per heavy atom. The van der Waals surface area contributed by atoms with Gasteiger partial charge in [0.2, 0.25) is 0 Å². The average Bonchev–Trinajstić information content (AvgIpc) is 2.43. The van der Waals surface area contributed by atoms with Crippen LogP contribution in [0.3, 0.4) is 0 Å². The van der Waals surface area contributed by atoms with E-state index in [0.29, 0.717) is 22.5 Å². The molecule has 2 atom stereocenters. The molecule has 0 spiro atoms. The van der Waals surface area contributed by atoms with Crippen molar-refractivity contribution in [1.29, 1.82) is 0 Å². The highest BCUT2D eigenvalue weighted by Crippen LogP contribution is 2.32. The second kappa shape index (κ2) is 5.14. The van der Waals surface area contributed by atoms with Crippen molar-refractivity contribution < 1.29 is 4.79 Å². The zero-order valence-corrected chi connectivity index (χ0v) is 11.9. The van der Waals surface area contributed by atoms with E-state index in [2.05, 4.69) is 17.1 Å². The Labute approximate surface area is 118 Å². The molecule has 2 bridgehead atoms. The van der Waals surface area contributed by atoms with E-state index < -0.39 is 0 Å². The van der Waals surface area contributed by atoms with Gasteiger partial charge in [-0.3, -0.25) is 9.69 Å². The van der Waals surface area contributed by atoms with Gasteiger partial charge >= 0.3 is 0 Å². The first-order valence-corrected chi connectivity index (χ1v) is 7.33. The van der Waals surface area contributed by atoms with E-state index in [-0.39, 0.29) is 11.9 Å². The molecule has 3 heterocycles. The van der Waals surface area contributed by atoms with Crippen LogP contribution in [0.15, 0.2) is 24.3 Å². The summed E-state index contributed by atoms with van der Waals surface area (Å²) >= 11 is 5.94. The molecule has 0 radical (unpaired) electrons. The van der Waals surface area contributed by atoms with Crippen molar-refractivity contribution in [2.75, 3.05) is 13.1 Å². The molecule has 0 saturated carbocycles. The first-order valence-electron chi connectivity index (χ1n) is 6.95. The molecule has 3 nitrogen and oxygen atoms in total. The minimum Gasteiger partial charge on any atom is -0.347 e. The SMILES string of the molecule is CC1C(NC(=O)c2cccc(Cl)c2)C2CCN1CC2. The molecule has 1 aromatic rings. The summed E-state index contributed by atoms with van der Waals surface area (Å²) in [6, 6.07) is 7.85. The molecule has 3 aliphatic heterocycles. The Kier molecular flexibility index (Phi) is 3.50. The molecule has 3 saturated heterocycles. The van der Waals surface area contributed by atoms with Gasteiger partial charge in [-0.1, -0.05) is 17.7 Å². The van der Waals surface area contributed by atoms with Crippen molar-refractivity contribution in [3.8, 4) is 0 Å². The fraction of sp³-hybridized carbons (Fsp3) is 0.533. The third kappa shape index (κ3) is 2.49. The summed E-state index contributed by atoms with van der Waals surface area (Å²) in [6.45, 7) is 4.57. The molecule has 4 rings (SSSR count). The predicted molar refractivity (Wildman–Crippen MR) is 76.5 cm³/mol. The van der Waals surface area contributed by atoms with E-state index >= 15 is 0 Å². The first-order chi connectivity index (χ1) is 9.15. The van der Waals surface area contributed by atoms with Gasteiger partial charge in [-0.15, -0.1) is 0 Å². The summed E-state index contributed by atoms with van der Waals surface area (Å²) in [7, 11) is 0. The highest BCUT2D eigenvalue weighted by molar-refractivity contribution is 6.30. The minimum atomic E-state index is -0.00639. The number of rotatable bonds is 2. The minimum absolute atomic E-state index is 0.00639. The summed E-state index contributed by atoms with van der Waals surface area (Å²) in [4.78, 5) is 14.8. The number of benzene rings is 1. The molecule has 3 aliphatic rings. The van der Waals surface area contributed by atoms with Crippen LogP contribution in [0.5, 0.6) is 0 Å². The Morgan fingerprint density at radius 1 is 1.37 bits per heavy atom. The summed E-state index contributed by atoms with van der Waals surface area (Å²) < 4.78 is 0. The molecule has 4 heteroatoms. The first kappa shape index (κ1) is 12.9. The van der Waals surface area contributed by atoms with Crippen molar-refractivity contribution in [3.05, 3.63) is 34.9 Å². The molecule has 19 heavy (non-hydrogen) atoms. The van der Waals surface area contributed by atoms with Crippen LogP contribution < -0.4 is 5.32 Å². The van der Waals surface area contributed by atoms with Gasteiger partial charge in [0.15, 0.2) is 0 Å². The zero-order chi connectivity index (χ0) is 13.4. The van der Waals surface area contributed by atoms with E-state index in [1.165, 1.54) is 25.9 Å². The summed E-state index contributed by atoms with van der Waals surface area (Å²) in [6.07, 6.45) is 2.40. The Morgan fingerprint density at radius 2 is 2.11 bits per heavy atom. The van der Waals surface area contributed by atoms with Gasteiger partial charge < -0.3 is 5.32 Å². The van der Waals surface area contributed by atoms with Crippen LogP contribution in [0.1, 0.15) is 30.1 Å². The van der Waals surface area contributed by atoms with E-state index in [0.717, 1.165) is 0 Å². The Bertz CT molecular complexity index is 481. The third-order valence-electron chi connectivity index (χ3n) is 4.56. The van der Waals surface area contributed by atoms with Crippen LogP contribution in [0.25, 0.3) is 0 Å². The Hall–Kier alpha value is -1.06. The number of amides is 1.